The number of H-pyrrole nitrogens is 1. The van der Waals surface area contributed by atoms with Gasteiger partial charge < -0.3 is 15.4 Å². The smallest absolute Gasteiger partial charge is 0.320 e. The van der Waals surface area contributed by atoms with Gasteiger partial charge in [0.25, 0.3) is 5.56 Å². The summed E-state index contributed by atoms with van der Waals surface area (Å²) < 4.78 is 5.09. The maximum absolute atomic E-state index is 11.8. The fourth-order valence-corrected chi connectivity index (χ4v) is 2.59. The van der Waals surface area contributed by atoms with Crippen LogP contribution in [0, 0.1) is 0 Å². The molecule has 1 fully saturated rings. The van der Waals surface area contributed by atoms with E-state index in [4.69, 9.17) is 15.4 Å². The number of aromatic amines is 1. The number of hydrogen-bond acceptors (Lipinski definition) is 4. The molecule has 6 nitrogen and oxygen atoms in total. The predicted molar refractivity (Wildman–Crippen MR) is 64.5 cm³/mol. The summed E-state index contributed by atoms with van der Waals surface area (Å²) in [5, 5.41) is 11.1. The Balaban J connectivity index is 2.21. The molecule has 0 saturated heterocycles. The monoisotopic (exact) mass is 254 g/mol. The van der Waals surface area contributed by atoms with Gasteiger partial charge in [0, 0.05) is 6.42 Å². The molecule has 0 radical (unpaired) electrons. The van der Waals surface area contributed by atoms with Gasteiger partial charge in [0.15, 0.2) is 0 Å². The summed E-state index contributed by atoms with van der Waals surface area (Å²) >= 11 is 0. The van der Waals surface area contributed by atoms with Gasteiger partial charge in [-0.05, 0) is 18.8 Å². The highest BCUT2D eigenvalue weighted by atomic mass is 16.5. The third-order valence-electron chi connectivity index (χ3n) is 3.55. The van der Waals surface area contributed by atoms with Crippen molar-refractivity contribution in [3.63, 3.8) is 0 Å². The SMILES string of the molecule is N[C@@H](Cc1o[nH]c(=O)c1C1CCCCC1)C(=O)O. The Kier molecular flexibility index (Phi) is 3.86. The van der Waals surface area contributed by atoms with Gasteiger partial charge in [0.1, 0.15) is 11.8 Å². The van der Waals surface area contributed by atoms with Gasteiger partial charge in [0.2, 0.25) is 0 Å². The number of nitrogens with one attached hydrogen (secondary N) is 1. The molecule has 0 unspecified atom stereocenters. The van der Waals surface area contributed by atoms with Gasteiger partial charge in [-0.15, -0.1) is 0 Å². The van der Waals surface area contributed by atoms with E-state index >= 15 is 0 Å². The van der Waals surface area contributed by atoms with Crippen LogP contribution in [0.2, 0.25) is 0 Å². The van der Waals surface area contributed by atoms with E-state index < -0.39 is 12.0 Å². The summed E-state index contributed by atoms with van der Waals surface area (Å²) in [5.74, 6) is -0.507. The number of nitrogens with two attached hydrogens (primary N) is 1. The fraction of sp³-hybridized carbons (Fsp3) is 0.667. The van der Waals surface area contributed by atoms with E-state index in [1.54, 1.807) is 0 Å². The fourth-order valence-electron chi connectivity index (χ4n) is 2.59. The normalized spacial score (nSPS) is 18.7. The molecule has 4 N–H and O–H groups in total. The van der Waals surface area contributed by atoms with Crippen LogP contribution in [0.15, 0.2) is 9.32 Å². The van der Waals surface area contributed by atoms with Crippen molar-refractivity contribution in [2.45, 2.75) is 50.5 Å². The molecule has 1 aliphatic rings. The second-order valence-corrected chi connectivity index (χ2v) is 4.85. The molecule has 0 spiro atoms. The van der Waals surface area contributed by atoms with Gasteiger partial charge in [-0.2, -0.15) is 5.16 Å². The van der Waals surface area contributed by atoms with Crippen molar-refractivity contribution in [1.82, 2.24) is 5.16 Å². The molecule has 1 aromatic rings. The quantitative estimate of drug-likeness (QED) is 0.741. The number of rotatable bonds is 4. The Labute approximate surface area is 104 Å². The molecule has 1 heterocycles. The summed E-state index contributed by atoms with van der Waals surface area (Å²) in [6.45, 7) is 0. The molecule has 0 amide bonds. The molecule has 1 aliphatic carbocycles. The van der Waals surface area contributed by atoms with E-state index in [9.17, 15) is 9.59 Å². The summed E-state index contributed by atoms with van der Waals surface area (Å²) in [6, 6.07) is -1.04. The van der Waals surface area contributed by atoms with E-state index in [2.05, 4.69) is 5.16 Å². The van der Waals surface area contributed by atoms with E-state index in [0.717, 1.165) is 25.7 Å². The molecule has 100 valence electrons. The van der Waals surface area contributed by atoms with Crippen molar-refractivity contribution in [2.24, 2.45) is 5.73 Å². The average molecular weight is 254 g/mol. The van der Waals surface area contributed by atoms with Crippen LogP contribution in [0.4, 0.5) is 0 Å². The average Bonchev–Trinajstić information content (AvgIpc) is 2.71. The minimum absolute atomic E-state index is 0.0555. The number of aliphatic carboxylic acids is 1. The van der Waals surface area contributed by atoms with Crippen LogP contribution >= 0.6 is 0 Å². The van der Waals surface area contributed by atoms with E-state index in [1.807, 2.05) is 0 Å². The zero-order chi connectivity index (χ0) is 13.1. The molecule has 18 heavy (non-hydrogen) atoms. The Morgan fingerprint density at radius 3 is 2.72 bits per heavy atom. The lowest BCUT2D eigenvalue weighted by molar-refractivity contribution is -0.138. The lowest BCUT2D eigenvalue weighted by Gasteiger charge is -2.20. The number of hydrogen-bond donors (Lipinski definition) is 3. The first-order chi connectivity index (χ1) is 8.59. The molecule has 1 atom stereocenters. The summed E-state index contributed by atoms with van der Waals surface area (Å²) in [4.78, 5) is 22.5. The second-order valence-electron chi connectivity index (χ2n) is 4.85. The van der Waals surface area contributed by atoms with Gasteiger partial charge >= 0.3 is 5.97 Å². The summed E-state index contributed by atoms with van der Waals surface area (Å²) in [6.07, 6.45) is 5.35. The summed E-state index contributed by atoms with van der Waals surface area (Å²) in [7, 11) is 0. The maximum Gasteiger partial charge on any atom is 0.320 e. The minimum atomic E-state index is -1.09. The highest BCUT2D eigenvalue weighted by molar-refractivity contribution is 5.73. The van der Waals surface area contributed by atoms with Crippen molar-refractivity contribution in [2.75, 3.05) is 0 Å². The topological polar surface area (TPSA) is 109 Å². The van der Waals surface area contributed by atoms with Crippen LogP contribution in [-0.4, -0.2) is 22.3 Å². The zero-order valence-corrected chi connectivity index (χ0v) is 10.1. The Hall–Kier alpha value is -1.56. The third kappa shape index (κ3) is 2.64. The zero-order valence-electron chi connectivity index (χ0n) is 10.1. The van der Waals surface area contributed by atoms with Crippen LogP contribution in [-0.2, 0) is 11.2 Å². The highest BCUT2D eigenvalue weighted by Crippen LogP contribution is 2.32. The molecule has 2 rings (SSSR count). The molecular weight excluding hydrogens is 236 g/mol. The molecule has 0 aliphatic heterocycles. The molecule has 1 saturated carbocycles. The highest BCUT2D eigenvalue weighted by Gasteiger charge is 2.26. The van der Waals surface area contributed by atoms with Gasteiger partial charge in [0.05, 0.1) is 5.56 Å². The molecule has 0 aromatic carbocycles. The third-order valence-corrected chi connectivity index (χ3v) is 3.55. The molecular formula is C12H18N2O4. The molecule has 1 aromatic heterocycles. The van der Waals surface area contributed by atoms with Crippen LogP contribution in [0.1, 0.15) is 49.3 Å². The van der Waals surface area contributed by atoms with E-state index in [0.29, 0.717) is 11.3 Å². The largest absolute Gasteiger partial charge is 0.480 e. The van der Waals surface area contributed by atoms with Crippen molar-refractivity contribution in [3.8, 4) is 0 Å². The lowest BCUT2D eigenvalue weighted by Crippen LogP contribution is -2.32. The van der Waals surface area contributed by atoms with Gasteiger partial charge in [-0.3, -0.25) is 9.59 Å². The summed E-state index contributed by atoms with van der Waals surface area (Å²) in [5.41, 5.74) is 5.84. The first kappa shape index (κ1) is 12.9. The number of aromatic nitrogens is 1. The maximum atomic E-state index is 11.8. The standard InChI is InChI=1S/C12H18N2O4/c13-8(12(16)17)6-9-10(11(15)14-18-9)7-4-2-1-3-5-7/h7-8H,1-6,13H2,(H,14,15)(H,16,17)/t8-/m0/s1. The van der Waals surface area contributed by atoms with E-state index in [1.165, 1.54) is 6.42 Å². The lowest BCUT2D eigenvalue weighted by atomic mass is 9.83. The molecule has 6 heteroatoms. The van der Waals surface area contributed by atoms with Gasteiger partial charge in [-0.1, -0.05) is 19.3 Å². The Morgan fingerprint density at radius 1 is 1.44 bits per heavy atom. The first-order valence-corrected chi connectivity index (χ1v) is 6.28. The predicted octanol–water partition coefficient (Wildman–Crippen LogP) is 0.970. The van der Waals surface area contributed by atoms with E-state index in [-0.39, 0.29) is 17.9 Å². The van der Waals surface area contributed by atoms with Crippen LogP contribution < -0.4 is 11.3 Å². The van der Waals surface area contributed by atoms with Crippen LogP contribution in [0.3, 0.4) is 0 Å². The number of carbonyl (C=O) groups is 1. The van der Waals surface area contributed by atoms with Crippen LogP contribution in [0.25, 0.3) is 0 Å². The van der Waals surface area contributed by atoms with Crippen molar-refractivity contribution in [3.05, 3.63) is 21.7 Å². The first-order valence-electron chi connectivity index (χ1n) is 6.28. The molecule has 0 bridgehead atoms. The van der Waals surface area contributed by atoms with Crippen molar-refractivity contribution >= 4 is 5.97 Å². The number of carboxylic acid groups (broad SMARTS) is 1. The minimum Gasteiger partial charge on any atom is -0.480 e. The van der Waals surface area contributed by atoms with Gasteiger partial charge in [-0.25, -0.2) is 0 Å². The number of carboxylic acids is 1. The van der Waals surface area contributed by atoms with Crippen molar-refractivity contribution < 1.29 is 14.4 Å². The Bertz CT molecular complexity index is 471. The van der Waals surface area contributed by atoms with Crippen molar-refractivity contribution in [1.29, 1.82) is 0 Å². The van der Waals surface area contributed by atoms with Crippen LogP contribution in [0.5, 0.6) is 0 Å². The Morgan fingerprint density at radius 2 is 2.11 bits per heavy atom. The second kappa shape index (κ2) is 5.39.